The van der Waals surface area contributed by atoms with Gasteiger partial charge in [0.25, 0.3) is 11.8 Å². The SMILES string of the molecule is C=CC(=O)NCCCC(=O)Nc1c(C)c(C(=O)NCC(O)CO)c(C)c(C(=O)NCC(CO)N=O)c1C. The van der Waals surface area contributed by atoms with Crippen LogP contribution in [0.15, 0.2) is 17.8 Å². The maximum absolute atomic E-state index is 13.1. The van der Waals surface area contributed by atoms with Gasteiger partial charge in [-0.15, -0.1) is 0 Å². The zero-order chi connectivity index (χ0) is 28.1. The van der Waals surface area contributed by atoms with Gasteiger partial charge < -0.3 is 36.6 Å². The van der Waals surface area contributed by atoms with Crippen LogP contribution in [-0.2, 0) is 9.59 Å². The molecule has 13 nitrogen and oxygen atoms in total. The number of nitrogens with one attached hydrogen (secondary N) is 4. The standard InChI is InChI=1S/C24H35N5O8/c1-5-18(33)25-8-6-7-19(34)28-22-14(3)20(23(35)26-9-16(11-30)29-37)13(2)21(15(22)4)24(36)27-10-17(32)12-31/h5,16-17,30-32H,1,6-12H2,2-4H3,(H,25,33)(H,26,35)(H,27,36)(H,28,34). The number of nitrogens with zero attached hydrogens (tertiary/aromatic N) is 1. The molecular formula is C24H35N5O8. The topological polar surface area (TPSA) is 207 Å². The van der Waals surface area contributed by atoms with Gasteiger partial charge in [-0.05, 0) is 50.0 Å². The summed E-state index contributed by atoms with van der Waals surface area (Å²) in [5, 5.41) is 40.8. The summed E-state index contributed by atoms with van der Waals surface area (Å²) in [6.45, 7) is 6.70. The van der Waals surface area contributed by atoms with E-state index in [0.29, 0.717) is 17.5 Å². The average Bonchev–Trinajstić information content (AvgIpc) is 2.87. The molecule has 1 aromatic rings. The van der Waals surface area contributed by atoms with E-state index in [9.17, 15) is 29.2 Å². The van der Waals surface area contributed by atoms with E-state index < -0.39 is 43.1 Å². The van der Waals surface area contributed by atoms with E-state index in [1.165, 1.54) is 0 Å². The zero-order valence-corrected chi connectivity index (χ0v) is 21.2. The Kier molecular flexibility index (Phi) is 13.1. The third-order valence-corrected chi connectivity index (χ3v) is 5.60. The highest BCUT2D eigenvalue weighted by Crippen LogP contribution is 2.31. The van der Waals surface area contributed by atoms with Crippen molar-refractivity contribution in [2.24, 2.45) is 5.18 Å². The molecule has 1 rings (SSSR count). The van der Waals surface area contributed by atoms with Crippen LogP contribution in [-0.4, -0.2) is 83.9 Å². The Balaban J connectivity index is 3.35. The van der Waals surface area contributed by atoms with Gasteiger partial charge in [-0.2, -0.15) is 4.91 Å². The van der Waals surface area contributed by atoms with Gasteiger partial charge in [0.1, 0.15) is 6.04 Å². The molecule has 7 N–H and O–H groups in total. The average molecular weight is 522 g/mol. The number of carbonyl (C=O) groups excluding carboxylic acids is 4. The number of rotatable bonds is 15. The zero-order valence-electron chi connectivity index (χ0n) is 21.2. The molecule has 0 fully saturated rings. The molecular weight excluding hydrogens is 486 g/mol. The Morgan fingerprint density at radius 3 is 1.97 bits per heavy atom. The highest BCUT2D eigenvalue weighted by molar-refractivity contribution is 6.07. The normalized spacial score (nSPS) is 12.2. The molecule has 0 aliphatic rings. The molecule has 2 unspecified atom stereocenters. The molecule has 0 saturated carbocycles. The highest BCUT2D eigenvalue weighted by Gasteiger charge is 2.26. The predicted octanol–water partition coefficient (Wildman–Crippen LogP) is -0.427. The molecule has 13 heteroatoms. The summed E-state index contributed by atoms with van der Waals surface area (Å²) >= 11 is 0. The maximum atomic E-state index is 13.1. The summed E-state index contributed by atoms with van der Waals surface area (Å²) in [5.41, 5.74) is 1.42. The lowest BCUT2D eigenvalue weighted by atomic mass is 9.90. The second kappa shape index (κ2) is 15.4. The first kappa shape index (κ1) is 31.4. The quantitative estimate of drug-likeness (QED) is 0.0913. The first-order valence-electron chi connectivity index (χ1n) is 11.6. The third kappa shape index (κ3) is 9.04. The largest absolute Gasteiger partial charge is 0.394 e. The van der Waals surface area contributed by atoms with Gasteiger partial charge in [0, 0.05) is 42.9 Å². The van der Waals surface area contributed by atoms with Gasteiger partial charge in [-0.3, -0.25) is 19.2 Å². The van der Waals surface area contributed by atoms with Crippen LogP contribution in [0.25, 0.3) is 0 Å². The Hall–Kier alpha value is -3.68. The van der Waals surface area contributed by atoms with Crippen molar-refractivity contribution in [3.8, 4) is 0 Å². The summed E-state index contributed by atoms with van der Waals surface area (Å²) < 4.78 is 0. The second-order valence-corrected chi connectivity index (χ2v) is 8.35. The van der Waals surface area contributed by atoms with Gasteiger partial charge in [-0.25, -0.2) is 0 Å². The number of hydrogen-bond donors (Lipinski definition) is 7. The summed E-state index contributed by atoms with van der Waals surface area (Å²) in [6.07, 6.45) is 0.297. The van der Waals surface area contributed by atoms with Crippen LogP contribution in [0.5, 0.6) is 0 Å². The Labute approximate surface area is 214 Å². The van der Waals surface area contributed by atoms with Crippen molar-refractivity contribution in [3.05, 3.63) is 45.4 Å². The summed E-state index contributed by atoms with van der Waals surface area (Å²) in [4.78, 5) is 60.7. The lowest BCUT2D eigenvalue weighted by molar-refractivity contribution is -0.118. The first-order valence-corrected chi connectivity index (χ1v) is 11.6. The Bertz CT molecular complexity index is 1030. The number of anilines is 1. The van der Waals surface area contributed by atoms with Crippen molar-refractivity contribution in [1.29, 1.82) is 0 Å². The first-order chi connectivity index (χ1) is 17.5. The van der Waals surface area contributed by atoms with E-state index in [2.05, 4.69) is 33.0 Å². The molecule has 2 atom stereocenters. The van der Waals surface area contributed by atoms with Crippen LogP contribution in [0.3, 0.4) is 0 Å². The summed E-state index contributed by atoms with van der Waals surface area (Å²) in [5.74, 6) is -2.07. The Morgan fingerprint density at radius 1 is 0.919 bits per heavy atom. The van der Waals surface area contributed by atoms with Crippen LogP contribution in [0.2, 0.25) is 0 Å². The molecule has 0 heterocycles. The minimum Gasteiger partial charge on any atom is -0.394 e. The van der Waals surface area contributed by atoms with Gasteiger partial charge in [0.15, 0.2) is 0 Å². The number of carbonyl (C=O) groups is 4. The summed E-state index contributed by atoms with van der Waals surface area (Å²) in [7, 11) is 0. The number of nitroso groups, excluding NO2 is 1. The predicted molar refractivity (Wildman–Crippen MR) is 136 cm³/mol. The molecule has 0 aliphatic heterocycles. The van der Waals surface area contributed by atoms with Gasteiger partial charge in [-0.1, -0.05) is 11.8 Å². The summed E-state index contributed by atoms with van der Waals surface area (Å²) in [6, 6.07) is -1.06. The number of amides is 4. The lowest BCUT2D eigenvalue weighted by Crippen LogP contribution is -2.36. The molecule has 0 radical (unpaired) electrons. The molecule has 4 amide bonds. The van der Waals surface area contributed by atoms with E-state index in [1.54, 1.807) is 20.8 Å². The van der Waals surface area contributed by atoms with Crippen molar-refractivity contribution < 1.29 is 34.5 Å². The van der Waals surface area contributed by atoms with Gasteiger partial charge in [0.2, 0.25) is 11.8 Å². The lowest BCUT2D eigenvalue weighted by Gasteiger charge is -2.22. The fourth-order valence-electron chi connectivity index (χ4n) is 3.62. The Morgan fingerprint density at radius 2 is 1.49 bits per heavy atom. The molecule has 204 valence electrons. The molecule has 0 bridgehead atoms. The number of aliphatic hydroxyl groups is 3. The van der Waals surface area contributed by atoms with Crippen LogP contribution in [0.1, 0.15) is 50.2 Å². The molecule has 0 saturated heterocycles. The van der Waals surface area contributed by atoms with Crippen molar-refractivity contribution in [3.63, 3.8) is 0 Å². The molecule has 37 heavy (non-hydrogen) atoms. The number of hydrogen-bond acceptors (Lipinski definition) is 9. The van der Waals surface area contributed by atoms with Crippen molar-refractivity contribution in [2.45, 2.75) is 45.8 Å². The molecule has 0 aliphatic carbocycles. The van der Waals surface area contributed by atoms with E-state index in [1.807, 2.05) is 0 Å². The number of aliphatic hydroxyl groups excluding tert-OH is 3. The van der Waals surface area contributed by atoms with Crippen molar-refractivity contribution in [1.82, 2.24) is 16.0 Å². The minimum atomic E-state index is -1.19. The molecule has 0 spiro atoms. The second-order valence-electron chi connectivity index (χ2n) is 8.35. The molecule has 1 aromatic carbocycles. The molecule has 0 aromatic heterocycles. The van der Waals surface area contributed by atoms with Gasteiger partial charge in [0.05, 0.1) is 19.3 Å². The van der Waals surface area contributed by atoms with Crippen molar-refractivity contribution >= 4 is 29.3 Å². The fourth-order valence-corrected chi connectivity index (χ4v) is 3.62. The van der Waals surface area contributed by atoms with E-state index in [-0.39, 0.29) is 54.3 Å². The minimum absolute atomic E-state index is 0.0408. The van der Waals surface area contributed by atoms with Crippen LogP contribution >= 0.6 is 0 Å². The van der Waals surface area contributed by atoms with E-state index >= 15 is 0 Å². The van der Waals surface area contributed by atoms with Crippen molar-refractivity contribution in [2.75, 3.05) is 38.2 Å². The van der Waals surface area contributed by atoms with Crippen LogP contribution in [0, 0.1) is 25.7 Å². The van der Waals surface area contributed by atoms with E-state index in [0.717, 1.165) is 6.08 Å². The van der Waals surface area contributed by atoms with Crippen LogP contribution < -0.4 is 21.3 Å². The fraction of sp³-hybridized carbons (Fsp3) is 0.500. The number of benzene rings is 1. The highest BCUT2D eigenvalue weighted by atomic mass is 16.3. The van der Waals surface area contributed by atoms with Crippen LogP contribution in [0.4, 0.5) is 5.69 Å². The monoisotopic (exact) mass is 521 g/mol. The van der Waals surface area contributed by atoms with E-state index in [4.69, 9.17) is 10.2 Å². The maximum Gasteiger partial charge on any atom is 0.252 e. The van der Waals surface area contributed by atoms with Gasteiger partial charge >= 0.3 is 0 Å². The third-order valence-electron chi connectivity index (χ3n) is 5.60. The smallest absolute Gasteiger partial charge is 0.252 e.